The second-order valence-corrected chi connectivity index (χ2v) is 21.8. The topological polar surface area (TPSA) is 69.6 Å². The number of aliphatic hydroxyl groups excluding tert-OH is 2. The Morgan fingerprint density at radius 3 is 0.821 bits per heavy atom. The number of carbonyl (C=O) groups is 1. The normalized spacial score (nSPS) is 12.7. The van der Waals surface area contributed by atoms with Crippen molar-refractivity contribution in [1.29, 1.82) is 0 Å². The molecule has 0 saturated heterocycles. The molecule has 2 unspecified atom stereocenters. The molecule has 0 bridgehead atoms. The molecule has 0 aliphatic carbocycles. The van der Waals surface area contributed by atoms with Crippen LogP contribution in [0.5, 0.6) is 0 Å². The number of hydrogen-bond acceptors (Lipinski definition) is 3. The molecule has 0 aliphatic heterocycles. The van der Waals surface area contributed by atoms with Crippen molar-refractivity contribution in [2.75, 3.05) is 6.61 Å². The van der Waals surface area contributed by atoms with Crippen LogP contribution in [-0.4, -0.2) is 34.9 Å². The zero-order chi connectivity index (χ0) is 48.5. The third-order valence-electron chi connectivity index (χ3n) is 15.0. The van der Waals surface area contributed by atoms with Crippen LogP contribution < -0.4 is 5.32 Å². The summed E-state index contributed by atoms with van der Waals surface area (Å²) < 4.78 is 0. The number of allylic oxidation sites excluding steroid dienone is 2. The lowest BCUT2D eigenvalue weighted by Gasteiger charge is -2.22. The first kappa shape index (κ1) is 66.1. The highest BCUT2D eigenvalue weighted by atomic mass is 16.3. The van der Waals surface area contributed by atoms with Crippen molar-refractivity contribution in [2.45, 2.75) is 379 Å². The van der Waals surface area contributed by atoms with Crippen molar-refractivity contribution in [1.82, 2.24) is 5.32 Å². The Labute approximate surface area is 422 Å². The van der Waals surface area contributed by atoms with Crippen molar-refractivity contribution in [2.24, 2.45) is 0 Å². The van der Waals surface area contributed by atoms with Crippen LogP contribution in [0.4, 0.5) is 0 Å². The van der Waals surface area contributed by atoms with Crippen LogP contribution in [0, 0.1) is 0 Å². The molecule has 1 amide bonds. The summed E-state index contributed by atoms with van der Waals surface area (Å²) in [4.78, 5) is 12.5. The first-order valence-electron chi connectivity index (χ1n) is 31.4. The van der Waals surface area contributed by atoms with E-state index in [2.05, 4.69) is 31.3 Å². The Kier molecular flexibility index (Phi) is 58.7. The fraction of sp³-hybridized carbons (Fsp3) is 0.952. The van der Waals surface area contributed by atoms with Crippen molar-refractivity contribution in [3.8, 4) is 0 Å². The molecule has 400 valence electrons. The quantitative estimate of drug-likeness (QED) is 0.0420. The number of nitrogens with one attached hydrogen (secondary N) is 1. The summed E-state index contributed by atoms with van der Waals surface area (Å²) in [7, 11) is 0. The predicted molar refractivity (Wildman–Crippen MR) is 299 cm³/mol. The van der Waals surface area contributed by atoms with Gasteiger partial charge in [0.2, 0.25) is 5.91 Å². The van der Waals surface area contributed by atoms with Gasteiger partial charge in [0.05, 0.1) is 18.8 Å². The molecule has 2 atom stereocenters. The molecule has 0 rings (SSSR count). The lowest BCUT2D eigenvalue weighted by molar-refractivity contribution is -0.123. The number of amides is 1. The molecule has 0 spiro atoms. The summed E-state index contributed by atoms with van der Waals surface area (Å²) in [5, 5.41) is 23.4. The highest BCUT2D eigenvalue weighted by Gasteiger charge is 2.20. The van der Waals surface area contributed by atoms with Gasteiger partial charge in [0.1, 0.15) is 0 Å². The maximum absolute atomic E-state index is 12.5. The third kappa shape index (κ3) is 55.9. The number of rotatable bonds is 59. The second kappa shape index (κ2) is 59.4. The van der Waals surface area contributed by atoms with E-state index in [9.17, 15) is 15.0 Å². The second-order valence-electron chi connectivity index (χ2n) is 21.8. The molecule has 4 heteroatoms. The minimum absolute atomic E-state index is 0.0221. The molecule has 4 nitrogen and oxygen atoms in total. The molecule has 0 aliphatic rings. The predicted octanol–water partition coefficient (Wildman–Crippen LogP) is 20.9. The first-order chi connectivity index (χ1) is 33.2. The molecular weight excluding hydrogens is 819 g/mol. The number of hydrogen-bond donors (Lipinski definition) is 3. The van der Waals surface area contributed by atoms with Gasteiger partial charge in [-0.05, 0) is 38.5 Å². The van der Waals surface area contributed by atoms with Gasteiger partial charge in [0.15, 0.2) is 0 Å². The van der Waals surface area contributed by atoms with Crippen LogP contribution in [0.1, 0.15) is 367 Å². The largest absolute Gasteiger partial charge is 0.394 e. The molecule has 0 aromatic rings. The van der Waals surface area contributed by atoms with Crippen LogP contribution in [0.25, 0.3) is 0 Å². The van der Waals surface area contributed by atoms with Crippen molar-refractivity contribution >= 4 is 5.91 Å². The van der Waals surface area contributed by atoms with Crippen molar-refractivity contribution in [3.05, 3.63) is 12.2 Å². The molecule has 0 saturated carbocycles. The van der Waals surface area contributed by atoms with Gasteiger partial charge in [-0.3, -0.25) is 4.79 Å². The van der Waals surface area contributed by atoms with Gasteiger partial charge in [0, 0.05) is 6.42 Å². The number of carbonyl (C=O) groups excluding carboxylic acids is 1. The molecule has 0 aromatic carbocycles. The van der Waals surface area contributed by atoms with Gasteiger partial charge in [0.25, 0.3) is 0 Å². The van der Waals surface area contributed by atoms with Gasteiger partial charge in [-0.15, -0.1) is 0 Å². The Balaban J connectivity index is 3.39. The summed E-state index contributed by atoms with van der Waals surface area (Å²) in [6.45, 7) is 4.41. The Morgan fingerprint density at radius 1 is 0.343 bits per heavy atom. The highest BCUT2D eigenvalue weighted by molar-refractivity contribution is 5.76. The van der Waals surface area contributed by atoms with E-state index in [1.165, 1.54) is 315 Å². The van der Waals surface area contributed by atoms with Crippen LogP contribution in [0.15, 0.2) is 12.2 Å². The van der Waals surface area contributed by atoms with E-state index in [4.69, 9.17) is 0 Å². The Bertz CT molecular complexity index is 936. The Morgan fingerprint density at radius 2 is 0.567 bits per heavy atom. The number of unbranched alkanes of at least 4 members (excludes halogenated alkanes) is 50. The van der Waals surface area contributed by atoms with E-state index in [0.29, 0.717) is 12.8 Å². The Hall–Kier alpha value is -0.870. The average molecular weight is 945 g/mol. The molecule has 0 radical (unpaired) electrons. The summed E-state index contributed by atoms with van der Waals surface area (Å²) in [6, 6.07) is -0.534. The maximum Gasteiger partial charge on any atom is 0.220 e. The third-order valence-corrected chi connectivity index (χ3v) is 15.0. The molecule has 67 heavy (non-hydrogen) atoms. The van der Waals surface area contributed by atoms with E-state index in [-0.39, 0.29) is 12.5 Å². The standard InChI is InChI=1S/C63H125NO3/c1-3-5-7-9-11-13-15-17-19-21-23-25-27-29-30-31-32-33-34-35-37-39-41-43-45-47-49-51-53-55-57-59-63(67)64-61(60-65)62(66)58-56-54-52-50-48-46-44-42-40-38-36-28-26-24-22-20-18-16-14-12-10-8-6-4-2/h21,23,61-62,65-66H,3-20,22,24-60H2,1-2H3,(H,64,67)/b23-21-. The van der Waals surface area contributed by atoms with E-state index < -0.39 is 12.1 Å². The summed E-state index contributed by atoms with van der Waals surface area (Å²) >= 11 is 0. The fourth-order valence-electron chi connectivity index (χ4n) is 10.2. The molecular formula is C63H125NO3. The maximum atomic E-state index is 12.5. The van der Waals surface area contributed by atoms with E-state index in [0.717, 1.165) is 25.7 Å². The fourth-order valence-corrected chi connectivity index (χ4v) is 10.2. The van der Waals surface area contributed by atoms with Gasteiger partial charge < -0.3 is 15.5 Å². The highest BCUT2D eigenvalue weighted by Crippen LogP contribution is 2.19. The molecule has 0 aromatic heterocycles. The summed E-state index contributed by atoms with van der Waals surface area (Å²) in [6.07, 6.45) is 78.0. The van der Waals surface area contributed by atoms with Crippen LogP contribution in [-0.2, 0) is 4.79 Å². The van der Waals surface area contributed by atoms with Gasteiger partial charge in [-0.1, -0.05) is 334 Å². The lowest BCUT2D eigenvalue weighted by Crippen LogP contribution is -2.45. The van der Waals surface area contributed by atoms with Crippen LogP contribution >= 0.6 is 0 Å². The lowest BCUT2D eigenvalue weighted by atomic mass is 10.0. The van der Waals surface area contributed by atoms with E-state index >= 15 is 0 Å². The molecule has 0 fully saturated rings. The van der Waals surface area contributed by atoms with E-state index in [1.54, 1.807) is 0 Å². The molecule has 0 heterocycles. The average Bonchev–Trinajstić information content (AvgIpc) is 3.33. The van der Waals surface area contributed by atoms with Gasteiger partial charge in [-0.2, -0.15) is 0 Å². The van der Waals surface area contributed by atoms with Crippen LogP contribution in [0.2, 0.25) is 0 Å². The summed E-state index contributed by atoms with van der Waals surface area (Å²) in [5.41, 5.74) is 0. The smallest absolute Gasteiger partial charge is 0.220 e. The first-order valence-corrected chi connectivity index (χ1v) is 31.4. The summed E-state index contributed by atoms with van der Waals surface area (Å²) in [5.74, 6) is -0.0221. The minimum atomic E-state index is -0.657. The van der Waals surface area contributed by atoms with Crippen molar-refractivity contribution in [3.63, 3.8) is 0 Å². The minimum Gasteiger partial charge on any atom is -0.394 e. The number of aliphatic hydroxyl groups is 2. The van der Waals surface area contributed by atoms with Gasteiger partial charge >= 0.3 is 0 Å². The van der Waals surface area contributed by atoms with Crippen molar-refractivity contribution < 1.29 is 15.0 Å². The zero-order valence-corrected chi connectivity index (χ0v) is 46.2. The van der Waals surface area contributed by atoms with Gasteiger partial charge in [-0.25, -0.2) is 0 Å². The molecule has 3 N–H and O–H groups in total. The monoisotopic (exact) mass is 944 g/mol. The van der Waals surface area contributed by atoms with E-state index in [1.807, 2.05) is 0 Å². The zero-order valence-electron chi connectivity index (χ0n) is 46.2. The van der Waals surface area contributed by atoms with Crippen LogP contribution in [0.3, 0.4) is 0 Å². The SMILES string of the molecule is CCCCCCCCCC/C=C\CCCCCCCCCCCCCCCCCCCCCC(=O)NC(CO)C(O)CCCCCCCCCCCCCCCCCCCCCCCCCC.